The van der Waals surface area contributed by atoms with Gasteiger partial charge in [0.1, 0.15) is 5.82 Å². The number of esters is 1. The molecule has 96 valence electrons. The van der Waals surface area contributed by atoms with Crippen LogP contribution in [0.4, 0.5) is 4.39 Å². The molecular weight excluding hydrogens is 235 g/mol. The Kier molecular flexibility index (Phi) is 3.32. The Morgan fingerprint density at radius 3 is 2.83 bits per heavy atom. The van der Waals surface area contributed by atoms with Gasteiger partial charge >= 0.3 is 5.97 Å². The van der Waals surface area contributed by atoms with Crippen LogP contribution in [0.25, 0.3) is 10.9 Å². The quantitative estimate of drug-likeness (QED) is 0.786. The van der Waals surface area contributed by atoms with Gasteiger partial charge in [-0.15, -0.1) is 0 Å². The predicted octanol–water partition coefficient (Wildman–Crippen LogP) is 2.62. The number of carbonyl (C=O) groups is 1. The summed E-state index contributed by atoms with van der Waals surface area (Å²) in [6.07, 6.45) is 1.56. The number of nitrogens with zero attached hydrogens (tertiary/aromatic N) is 2. The first-order valence-electron chi connectivity index (χ1n) is 5.76. The van der Waals surface area contributed by atoms with Crippen LogP contribution in [0.15, 0.2) is 18.3 Å². The van der Waals surface area contributed by atoms with Crippen molar-refractivity contribution >= 4 is 16.9 Å². The Morgan fingerprint density at radius 2 is 2.22 bits per heavy atom. The van der Waals surface area contributed by atoms with Gasteiger partial charge in [-0.2, -0.15) is 5.10 Å². The molecule has 0 radical (unpaired) electrons. The van der Waals surface area contributed by atoms with Gasteiger partial charge in [0.25, 0.3) is 0 Å². The van der Waals surface area contributed by atoms with E-state index in [4.69, 9.17) is 0 Å². The minimum Gasteiger partial charge on any atom is -0.465 e. The van der Waals surface area contributed by atoms with E-state index in [1.165, 1.54) is 19.2 Å². The van der Waals surface area contributed by atoms with Crippen LogP contribution >= 0.6 is 0 Å². The van der Waals surface area contributed by atoms with Crippen LogP contribution in [-0.4, -0.2) is 22.9 Å². The van der Waals surface area contributed by atoms with E-state index in [0.717, 1.165) is 0 Å². The lowest BCUT2D eigenvalue weighted by Gasteiger charge is -2.09. The molecule has 0 fully saturated rings. The molecule has 0 bridgehead atoms. The number of carbonyl (C=O) groups excluding carboxylic acids is 1. The van der Waals surface area contributed by atoms with Gasteiger partial charge in [-0.25, -0.2) is 9.18 Å². The third-order valence-corrected chi connectivity index (χ3v) is 2.64. The van der Waals surface area contributed by atoms with Gasteiger partial charge < -0.3 is 4.74 Å². The standard InChI is InChI=1S/C13H15FN2O2/c1-8(2)7-16-12-9(6-15-16)4-10(14)5-11(12)13(17)18-3/h4-6,8H,7H2,1-3H3. The number of benzene rings is 1. The highest BCUT2D eigenvalue weighted by Crippen LogP contribution is 2.22. The van der Waals surface area contributed by atoms with E-state index in [0.29, 0.717) is 23.4 Å². The first-order valence-corrected chi connectivity index (χ1v) is 5.76. The number of aromatic nitrogens is 2. The summed E-state index contributed by atoms with van der Waals surface area (Å²) >= 11 is 0. The third kappa shape index (κ3) is 2.20. The van der Waals surface area contributed by atoms with E-state index in [-0.39, 0.29) is 5.56 Å². The second-order valence-corrected chi connectivity index (χ2v) is 4.60. The second kappa shape index (κ2) is 4.76. The molecule has 2 aromatic rings. The van der Waals surface area contributed by atoms with Crippen LogP contribution in [0.1, 0.15) is 24.2 Å². The van der Waals surface area contributed by atoms with Gasteiger partial charge in [0.05, 0.1) is 24.4 Å². The summed E-state index contributed by atoms with van der Waals surface area (Å²) in [5.74, 6) is -0.638. The van der Waals surface area contributed by atoms with Crippen molar-refractivity contribution in [2.75, 3.05) is 7.11 Å². The molecule has 0 saturated heterocycles. The topological polar surface area (TPSA) is 44.1 Å². The van der Waals surface area contributed by atoms with Crippen LogP contribution in [0, 0.1) is 11.7 Å². The summed E-state index contributed by atoms with van der Waals surface area (Å²) in [5, 5.41) is 4.80. The Bertz CT molecular complexity index is 590. The number of hydrogen-bond donors (Lipinski definition) is 0. The van der Waals surface area contributed by atoms with E-state index < -0.39 is 11.8 Å². The average Bonchev–Trinajstić information content (AvgIpc) is 2.69. The number of halogens is 1. The highest BCUT2D eigenvalue weighted by molar-refractivity contribution is 6.02. The lowest BCUT2D eigenvalue weighted by atomic mass is 10.1. The summed E-state index contributed by atoms with van der Waals surface area (Å²) in [7, 11) is 1.28. The van der Waals surface area contributed by atoms with E-state index in [1.807, 2.05) is 0 Å². The van der Waals surface area contributed by atoms with Crippen LogP contribution in [-0.2, 0) is 11.3 Å². The molecule has 0 N–H and O–H groups in total. The zero-order valence-electron chi connectivity index (χ0n) is 10.6. The van der Waals surface area contributed by atoms with Crippen molar-refractivity contribution < 1.29 is 13.9 Å². The second-order valence-electron chi connectivity index (χ2n) is 4.60. The lowest BCUT2D eigenvalue weighted by Crippen LogP contribution is -2.10. The van der Waals surface area contributed by atoms with Gasteiger partial charge in [0.2, 0.25) is 0 Å². The lowest BCUT2D eigenvalue weighted by molar-refractivity contribution is 0.0602. The molecule has 0 amide bonds. The number of hydrogen-bond acceptors (Lipinski definition) is 3. The zero-order chi connectivity index (χ0) is 13.3. The monoisotopic (exact) mass is 250 g/mol. The van der Waals surface area contributed by atoms with Crippen molar-refractivity contribution in [1.82, 2.24) is 9.78 Å². The van der Waals surface area contributed by atoms with Crippen LogP contribution in [0.3, 0.4) is 0 Å². The molecule has 5 heteroatoms. The zero-order valence-corrected chi connectivity index (χ0v) is 10.6. The molecule has 0 aliphatic heterocycles. The van der Waals surface area contributed by atoms with Crippen molar-refractivity contribution in [3.8, 4) is 0 Å². The van der Waals surface area contributed by atoms with Crippen LogP contribution in [0.2, 0.25) is 0 Å². The molecule has 0 atom stereocenters. The average molecular weight is 250 g/mol. The Labute approximate surface area is 104 Å². The molecule has 0 unspecified atom stereocenters. The Morgan fingerprint density at radius 1 is 1.50 bits per heavy atom. The molecule has 1 aromatic carbocycles. The predicted molar refractivity (Wildman–Crippen MR) is 65.9 cm³/mol. The number of fused-ring (bicyclic) bond motifs is 1. The van der Waals surface area contributed by atoms with Gasteiger partial charge in [-0.05, 0) is 18.1 Å². The van der Waals surface area contributed by atoms with E-state index >= 15 is 0 Å². The maximum Gasteiger partial charge on any atom is 0.340 e. The van der Waals surface area contributed by atoms with Crippen molar-refractivity contribution in [2.24, 2.45) is 5.92 Å². The highest BCUT2D eigenvalue weighted by atomic mass is 19.1. The highest BCUT2D eigenvalue weighted by Gasteiger charge is 2.17. The fourth-order valence-corrected chi connectivity index (χ4v) is 1.95. The summed E-state index contributed by atoms with van der Waals surface area (Å²) < 4.78 is 19.8. The van der Waals surface area contributed by atoms with Crippen LogP contribution < -0.4 is 0 Å². The van der Waals surface area contributed by atoms with Gasteiger partial charge in [-0.1, -0.05) is 13.8 Å². The molecule has 0 saturated carbocycles. The van der Waals surface area contributed by atoms with Gasteiger partial charge in [0.15, 0.2) is 0 Å². The molecule has 18 heavy (non-hydrogen) atoms. The van der Waals surface area contributed by atoms with Crippen LogP contribution in [0.5, 0.6) is 0 Å². The fourth-order valence-electron chi connectivity index (χ4n) is 1.95. The van der Waals surface area contributed by atoms with Crippen molar-refractivity contribution in [3.63, 3.8) is 0 Å². The summed E-state index contributed by atoms with van der Waals surface area (Å²) in [6.45, 7) is 4.77. The van der Waals surface area contributed by atoms with E-state index in [2.05, 4.69) is 23.7 Å². The number of rotatable bonds is 3. The molecule has 4 nitrogen and oxygen atoms in total. The Balaban J connectivity index is 2.65. The largest absolute Gasteiger partial charge is 0.465 e. The first kappa shape index (κ1) is 12.5. The minimum absolute atomic E-state index is 0.214. The van der Waals surface area contributed by atoms with Crippen molar-refractivity contribution in [2.45, 2.75) is 20.4 Å². The summed E-state index contributed by atoms with van der Waals surface area (Å²) in [6, 6.07) is 2.55. The minimum atomic E-state index is -0.551. The molecular formula is C13H15FN2O2. The maximum absolute atomic E-state index is 13.4. The van der Waals surface area contributed by atoms with Gasteiger partial charge in [-0.3, -0.25) is 4.68 Å². The molecule has 2 rings (SSSR count). The number of methoxy groups -OCH3 is 1. The van der Waals surface area contributed by atoms with Gasteiger partial charge in [0, 0.05) is 11.9 Å². The van der Waals surface area contributed by atoms with E-state index in [9.17, 15) is 9.18 Å². The first-order chi connectivity index (χ1) is 8.52. The van der Waals surface area contributed by atoms with Crippen molar-refractivity contribution in [3.05, 3.63) is 29.7 Å². The maximum atomic E-state index is 13.4. The molecule has 0 aliphatic carbocycles. The summed E-state index contributed by atoms with van der Waals surface area (Å²) in [4.78, 5) is 11.7. The third-order valence-electron chi connectivity index (χ3n) is 2.64. The van der Waals surface area contributed by atoms with Crippen molar-refractivity contribution in [1.29, 1.82) is 0 Å². The number of ether oxygens (including phenoxy) is 1. The Hall–Kier alpha value is -1.91. The molecule has 1 aromatic heterocycles. The molecule has 0 spiro atoms. The SMILES string of the molecule is COC(=O)c1cc(F)cc2cnn(CC(C)C)c12. The summed E-state index contributed by atoms with van der Waals surface area (Å²) in [5.41, 5.74) is 0.836. The molecule has 0 aliphatic rings. The smallest absolute Gasteiger partial charge is 0.340 e. The normalized spacial score (nSPS) is 11.2. The molecule has 1 heterocycles. The fraction of sp³-hybridized carbons (Fsp3) is 0.385. The van der Waals surface area contributed by atoms with E-state index in [1.54, 1.807) is 10.9 Å².